The van der Waals surface area contributed by atoms with Crippen LogP contribution in [0.2, 0.25) is 0 Å². The van der Waals surface area contributed by atoms with Crippen molar-refractivity contribution in [2.75, 3.05) is 13.7 Å². The molecular weight excluding hydrogens is 370 g/mol. The fourth-order valence-electron chi connectivity index (χ4n) is 2.31. The molecule has 2 rings (SSSR count). The Morgan fingerprint density at radius 2 is 1.78 bits per heavy atom. The van der Waals surface area contributed by atoms with Crippen LogP contribution in [0, 0.1) is 6.92 Å². The monoisotopic (exact) mass is 393 g/mol. The van der Waals surface area contributed by atoms with Crippen LogP contribution in [0.4, 0.5) is 0 Å². The number of rotatable bonds is 8. The minimum absolute atomic E-state index is 0. The molecule has 5 N–H and O–H groups in total. The number of primary amides is 1. The number of benzene rings is 2. The quantitative estimate of drug-likeness (QED) is 0.629. The Labute approximate surface area is 164 Å². The second-order valence-corrected chi connectivity index (χ2v) is 5.85. The normalized spacial score (nSPS) is 11.1. The Kier molecular flexibility index (Phi) is 8.58. The van der Waals surface area contributed by atoms with Gasteiger partial charge in [-0.3, -0.25) is 9.59 Å². The Balaban J connectivity index is 0.00000364. The SMILES string of the molecule is COc1cc(CNC(=O)C(N)c2ccc(C)cc2)ccc1OCC(N)=O.Cl. The third kappa shape index (κ3) is 6.47. The van der Waals surface area contributed by atoms with Gasteiger partial charge in [0.1, 0.15) is 6.04 Å². The average Bonchev–Trinajstić information content (AvgIpc) is 2.64. The first kappa shape index (κ1) is 22.3. The number of carbonyl (C=O) groups is 2. The lowest BCUT2D eigenvalue weighted by atomic mass is 10.1. The van der Waals surface area contributed by atoms with Gasteiger partial charge < -0.3 is 26.3 Å². The van der Waals surface area contributed by atoms with Crippen LogP contribution in [-0.4, -0.2) is 25.5 Å². The Morgan fingerprint density at radius 3 is 2.37 bits per heavy atom. The van der Waals surface area contributed by atoms with E-state index in [1.807, 2.05) is 31.2 Å². The van der Waals surface area contributed by atoms with Crippen LogP contribution in [-0.2, 0) is 16.1 Å². The molecule has 0 heterocycles. The Bertz CT molecular complexity index is 781. The molecule has 1 unspecified atom stereocenters. The molecule has 0 saturated heterocycles. The van der Waals surface area contributed by atoms with Gasteiger partial charge in [0.15, 0.2) is 18.1 Å². The molecule has 146 valence electrons. The average molecular weight is 394 g/mol. The minimum Gasteiger partial charge on any atom is -0.493 e. The molecule has 0 aromatic heterocycles. The van der Waals surface area contributed by atoms with E-state index in [0.29, 0.717) is 11.5 Å². The molecule has 0 fully saturated rings. The first-order chi connectivity index (χ1) is 12.4. The topological polar surface area (TPSA) is 117 Å². The van der Waals surface area contributed by atoms with Gasteiger partial charge in [0, 0.05) is 6.54 Å². The standard InChI is InChI=1S/C19H23N3O4.ClH/c1-12-3-6-14(7-4-12)18(21)19(24)22-10-13-5-8-15(16(9-13)25-2)26-11-17(20)23;/h3-9,18H,10-11,21H2,1-2H3,(H2,20,23)(H,22,24);1H. The first-order valence-corrected chi connectivity index (χ1v) is 8.08. The summed E-state index contributed by atoms with van der Waals surface area (Å²) < 4.78 is 10.5. The number of methoxy groups -OCH3 is 1. The van der Waals surface area contributed by atoms with Crippen molar-refractivity contribution in [3.05, 3.63) is 59.2 Å². The summed E-state index contributed by atoms with van der Waals surface area (Å²) in [5, 5.41) is 2.80. The molecule has 0 spiro atoms. The summed E-state index contributed by atoms with van der Waals surface area (Å²) in [7, 11) is 1.49. The van der Waals surface area contributed by atoms with Gasteiger partial charge in [-0.1, -0.05) is 35.9 Å². The lowest BCUT2D eigenvalue weighted by Crippen LogP contribution is -2.33. The zero-order chi connectivity index (χ0) is 19.1. The lowest BCUT2D eigenvalue weighted by Gasteiger charge is -2.14. The number of carbonyl (C=O) groups excluding carboxylic acids is 2. The van der Waals surface area contributed by atoms with Gasteiger partial charge in [-0.15, -0.1) is 12.4 Å². The predicted molar refractivity (Wildman–Crippen MR) is 105 cm³/mol. The van der Waals surface area contributed by atoms with Crippen molar-refractivity contribution in [1.82, 2.24) is 5.32 Å². The molecular formula is C19H24ClN3O4. The van der Waals surface area contributed by atoms with Crippen LogP contribution in [0.5, 0.6) is 11.5 Å². The van der Waals surface area contributed by atoms with Gasteiger partial charge in [0.2, 0.25) is 5.91 Å². The number of hydrogen-bond donors (Lipinski definition) is 3. The van der Waals surface area contributed by atoms with Crippen LogP contribution < -0.4 is 26.3 Å². The zero-order valence-electron chi connectivity index (χ0n) is 15.2. The summed E-state index contributed by atoms with van der Waals surface area (Å²) >= 11 is 0. The highest BCUT2D eigenvalue weighted by atomic mass is 35.5. The maximum atomic E-state index is 12.3. The highest BCUT2D eigenvalue weighted by Gasteiger charge is 2.15. The van der Waals surface area contributed by atoms with Gasteiger partial charge in [0.25, 0.3) is 5.91 Å². The van der Waals surface area contributed by atoms with Gasteiger partial charge in [0.05, 0.1) is 7.11 Å². The molecule has 0 saturated carbocycles. The first-order valence-electron chi connectivity index (χ1n) is 8.08. The molecule has 0 aliphatic heterocycles. The molecule has 0 bridgehead atoms. The number of amides is 2. The molecule has 2 aromatic carbocycles. The van der Waals surface area contributed by atoms with Gasteiger partial charge in [-0.25, -0.2) is 0 Å². The largest absolute Gasteiger partial charge is 0.493 e. The highest BCUT2D eigenvalue weighted by Crippen LogP contribution is 2.28. The van der Waals surface area contributed by atoms with E-state index in [2.05, 4.69) is 5.32 Å². The molecule has 8 heteroatoms. The van der Waals surface area contributed by atoms with Gasteiger partial charge >= 0.3 is 0 Å². The third-order valence-electron chi connectivity index (χ3n) is 3.78. The Morgan fingerprint density at radius 1 is 1.11 bits per heavy atom. The number of nitrogens with two attached hydrogens (primary N) is 2. The van der Waals surface area contributed by atoms with Crippen molar-refractivity contribution < 1.29 is 19.1 Å². The fourth-order valence-corrected chi connectivity index (χ4v) is 2.31. The third-order valence-corrected chi connectivity index (χ3v) is 3.78. The van der Waals surface area contributed by atoms with E-state index in [1.165, 1.54) is 7.11 Å². The molecule has 0 aliphatic rings. The number of hydrogen-bond acceptors (Lipinski definition) is 5. The molecule has 0 aliphatic carbocycles. The zero-order valence-corrected chi connectivity index (χ0v) is 16.0. The number of halogens is 1. The summed E-state index contributed by atoms with van der Waals surface area (Å²) in [6.07, 6.45) is 0. The van der Waals surface area contributed by atoms with E-state index in [-0.39, 0.29) is 31.5 Å². The predicted octanol–water partition coefficient (Wildman–Crippen LogP) is 1.61. The van der Waals surface area contributed by atoms with Crippen molar-refractivity contribution in [3.63, 3.8) is 0 Å². The second kappa shape index (κ2) is 10.4. The minimum atomic E-state index is -0.740. The van der Waals surface area contributed by atoms with Crippen molar-refractivity contribution in [1.29, 1.82) is 0 Å². The summed E-state index contributed by atoms with van der Waals surface area (Å²) in [5.41, 5.74) is 13.7. The van der Waals surface area contributed by atoms with Crippen molar-refractivity contribution in [2.24, 2.45) is 11.5 Å². The summed E-state index contributed by atoms with van der Waals surface area (Å²) in [4.78, 5) is 23.1. The number of ether oxygens (including phenoxy) is 2. The van der Waals surface area contributed by atoms with Crippen LogP contribution in [0.3, 0.4) is 0 Å². The molecule has 2 amide bonds. The van der Waals surface area contributed by atoms with E-state index in [4.69, 9.17) is 20.9 Å². The van der Waals surface area contributed by atoms with Gasteiger partial charge in [-0.2, -0.15) is 0 Å². The van der Waals surface area contributed by atoms with Crippen molar-refractivity contribution >= 4 is 24.2 Å². The number of aryl methyl sites for hydroxylation is 1. The van der Waals surface area contributed by atoms with E-state index in [1.54, 1.807) is 18.2 Å². The second-order valence-electron chi connectivity index (χ2n) is 5.85. The smallest absolute Gasteiger partial charge is 0.255 e. The molecule has 1 atom stereocenters. The summed E-state index contributed by atoms with van der Waals surface area (Å²) in [5.74, 6) is -0.00562. The van der Waals surface area contributed by atoms with Crippen molar-refractivity contribution in [2.45, 2.75) is 19.5 Å². The number of nitrogens with one attached hydrogen (secondary N) is 1. The van der Waals surface area contributed by atoms with E-state index in [0.717, 1.165) is 16.7 Å². The summed E-state index contributed by atoms with van der Waals surface area (Å²) in [6, 6.07) is 11.9. The van der Waals surface area contributed by atoms with E-state index < -0.39 is 11.9 Å². The van der Waals surface area contributed by atoms with Crippen molar-refractivity contribution in [3.8, 4) is 11.5 Å². The van der Waals surface area contributed by atoms with Crippen LogP contribution in [0.25, 0.3) is 0 Å². The maximum absolute atomic E-state index is 12.3. The molecule has 7 nitrogen and oxygen atoms in total. The molecule has 27 heavy (non-hydrogen) atoms. The summed E-state index contributed by atoms with van der Waals surface area (Å²) in [6.45, 7) is 2.02. The lowest BCUT2D eigenvalue weighted by molar-refractivity contribution is -0.122. The molecule has 0 radical (unpaired) electrons. The highest BCUT2D eigenvalue weighted by molar-refractivity contribution is 5.85. The van der Waals surface area contributed by atoms with E-state index >= 15 is 0 Å². The Hall–Kier alpha value is -2.77. The fraction of sp³-hybridized carbons (Fsp3) is 0.263. The van der Waals surface area contributed by atoms with E-state index in [9.17, 15) is 9.59 Å². The van der Waals surface area contributed by atoms with Gasteiger partial charge in [-0.05, 0) is 30.2 Å². The van der Waals surface area contributed by atoms with Crippen LogP contribution in [0.15, 0.2) is 42.5 Å². The maximum Gasteiger partial charge on any atom is 0.255 e. The van der Waals surface area contributed by atoms with Crippen LogP contribution in [0.1, 0.15) is 22.7 Å². The molecule has 2 aromatic rings. The van der Waals surface area contributed by atoms with Crippen LogP contribution >= 0.6 is 12.4 Å².